The molecule has 0 amide bonds. The van der Waals surface area contributed by atoms with Crippen LogP contribution in [0.4, 0.5) is 20.5 Å². The van der Waals surface area contributed by atoms with Crippen LogP contribution in [0.1, 0.15) is 37.9 Å². The number of fused-ring (bicyclic) bond motifs is 2. The van der Waals surface area contributed by atoms with Crippen molar-refractivity contribution >= 4 is 17.7 Å². The van der Waals surface area contributed by atoms with Crippen molar-refractivity contribution in [3.63, 3.8) is 0 Å². The average Bonchev–Trinajstić information content (AvgIpc) is 2.94. The highest BCUT2D eigenvalue weighted by atomic mass is 19.3. The summed E-state index contributed by atoms with van der Waals surface area (Å²) in [5, 5.41) is 9.25. The lowest BCUT2D eigenvalue weighted by atomic mass is 10.0. The summed E-state index contributed by atoms with van der Waals surface area (Å²) in [6, 6.07) is 0.277. The molecule has 6 nitrogen and oxygen atoms in total. The van der Waals surface area contributed by atoms with E-state index in [0.717, 1.165) is 13.0 Å². The minimum absolute atomic E-state index is 0.0994. The second kappa shape index (κ2) is 5.52. The molecule has 5 atom stereocenters. The van der Waals surface area contributed by atoms with Gasteiger partial charge < -0.3 is 14.9 Å². The van der Waals surface area contributed by atoms with Crippen molar-refractivity contribution in [2.24, 2.45) is 23.7 Å². The van der Waals surface area contributed by atoms with Crippen LogP contribution in [0.15, 0.2) is 0 Å². The van der Waals surface area contributed by atoms with Gasteiger partial charge in [-0.25, -0.2) is 4.98 Å². The molecule has 4 aliphatic rings. The molecule has 1 N–H and O–H groups in total. The van der Waals surface area contributed by atoms with Crippen LogP contribution in [0.2, 0.25) is 0 Å². The molecule has 5 rings (SSSR count). The fourth-order valence-electron chi connectivity index (χ4n) is 5.25. The summed E-state index contributed by atoms with van der Waals surface area (Å²) in [7, 11) is 0. The van der Waals surface area contributed by atoms with Gasteiger partial charge in [-0.15, -0.1) is 0 Å². The first-order valence-corrected chi connectivity index (χ1v) is 9.81. The Hall–Kier alpha value is -1.99. The van der Waals surface area contributed by atoms with E-state index < -0.39 is 11.9 Å². The van der Waals surface area contributed by atoms with Crippen molar-refractivity contribution in [3.8, 4) is 0 Å². The highest BCUT2D eigenvalue weighted by Crippen LogP contribution is 2.57. The van der Waals surface area contributed by atoms with Gasteiger partial charge in [0.25, 0.3) is 5.92 Å². The van der Waals surface area contributed by atoms with Crippen molar-refractivity contribution in [3.05, 3.63) is 11.3 Å². The number of aromatic nitrogens is 2. The normalized spacial score (nSPS) is 34.1. The number of piperidine rings is 1. The van der Waals surface area contributed by atoms with E-state index >= 15 is 0 Å². The van der Waals surface area contributed by atoms with Gasteiger partial charge in [0.1, 0.15) is 11.5 Å². The summed E-state index contributed by atoms with van der Waals surface area (Å²) in [6.07, 6.45) is 1.12. The Labute approximate surface area is 156 Å². The standard InChI is InChI=1S/C19H24F2N4O2/c1-9-4-6-25(9)18-22-15-11(3-5-19(15,20)21)16(23-18)24-7-12-13(8-24)14(12)10(2)17(26)27/h9-10,12-14H,3-8H2,1-2H3,(H,26,27)/t9?,10?,12-,13+,14?. The number of alkyl halides is 2. The van der Waals surface area contributed by atoms with Gasteiger partial charge in [0.2, 0.25) is 5.95 Å². The quantitative estimate of drug-likeness (QED) is 0.868. The van der Waals surface area contributed by atoms with Crippen molar-refractivity contribution in [2.45, 2.75) is 45.1 Å². The number of carboxylic acids is 1. The number of hydrogen-bond acceptors (Lipinski definition) is 5. The number of halogens is 2. The van der Waals surface area contributed by atoms with E-state index in [-0.39, 0.29) is 30.0 Å². The van der Waals surface area contributed by atoms with Crippen LogP contribution in [0.3, 0.4) is 0 Å². The van der Waals surface area contributed by atoms with Crippen molar-refractivity contribution in [2.75, 3.05) is 29.4 Å². The lowest BCUT2D eigenvalue weighted by molar-refractivity contribution is -0.142. The molecule has 0 bridgehead atoms. The number of aliphatic carboxylic acids is 1. The average molecular weight is 378 g/mol. The third-order valence-corrected chi connectivity index (χ3v) is 7.11. The predicted molar refractivity (Wildman–Crippen MR) is 95.2 cm³/mol. The topological polar surface area (TPSA) is 69.6 Å². The maximum absolute atomic E-state index is 14.4. The highest BCUT2D eigenvalue weighted by molar-refractivity contribution is 5.71. The Morgan fingerprint density at radius 1 is 1.30 bits per heavy atom. The second-order valence-corrected chi connectivity index (χ2v) is 8.65. The number of rotatable bonds is 4. The van der Waals surface area contributed by atoms with E-state index in [9.17, 15) is 18.7 Å². The lowest BCUT2D eigenvalue weighted by Crippen LogP contribution is -2.47. The summed E-state index contributed by atoms with van der Waals surface area (Å²) < 4.78 is 28.8. The monoisotopic (exact) mass is 378 g/mol. The third kappa shape index (κ3) is 2.44. The van der Waals surface area contributed by atoms with Gasteiger partial charge in [0, 0.05) is 37.7 Å². The number of hydrogen-bond donors (Lipinski definition) is 1. The van der Waals surface area contributed by atoms with E-state index in [2.05, 4.69) is 16.8 Å². The number of nitrogens with zero attached hydrogens (tertiary/aromatic N) is 4. The van der Waals surface area contributed by atoms with E-state index in [4.69, 9.17) is 4.98 Å². The van der Waals surface area contributed by atoms with Crippen LogP contribution in [-0.4, -0.2) is 46.7 Å². The Morgan fingerprint density at radius 2 is 2.00 bits per heavy atom. The molecule has 0 radical (unpaired) electrons. The maximum atomic E-state index is 14.4. The highest BCUT2D eigenvalue weighted by Gasteiger charge is 2.60. The van der Waals surface area contributed by atoms with Gasteiger partial charge in [0.15, 0.2) is 0 Å². The zero-order valence-corrected chi connectivity index (χ0v) is 15.5. The first-order chi connectivity index (χ1) is 12.8. The predicted octanol–water partition coefficient (Wildman–Crippen LogP) is 2.52. The van der Waals surface area contributed by atoms with Gasteiger partial charge in [-0.1, -0.05) is 6.92 Å². The van der Waals surface area contributed by atoms with E-state index in [1.807, 2.05) is 4.90 Å². The summed E-state index contributed by atoms with van der Waals surface area (Å²) in [5.74, 6) is -2.06. The molecule has 0 aromatic carbocycles. The maximum Gasteiger partial charge on any atom is 0.306 e. The van der Waals surface area contributed by atoms with Gasteiger partial charge in [-0.3, -0.25) is 4.79 Å². The molecular formula is C19H24F2N4O2. The van der Waals surface area contributed by atoms with Crippen molar-refractivity contribution < 1.29 is 18.7 Å². The van der Waals surface area contributed by atoms with Gasteiger partial charge in [-0.05, 0) is 37.5 Å². The van der Waals surface area contributed by atoms with Crippen LogP contribution in [0.5, 0.6) is 0 Å². The summed E-state index contributed by atoms with van der Waals surface area (Å²) in [6.45, 7) is 6.03. The molecule has 1 aromatic heterocycles. The third-order valence-electron chi connectivity index (χ3n) is 7.11. The van der Waals surface area contributed by atoms with Crippen LogP contribution in [0.25, 0.3) is 0 Å². The molecule has 0 spiro atoms. The van der Waals surface area contributed by atoms with Crippen LogP contribution >= 0.6 is 0 Å². The molecule has 146 valence electrons. The molecule has 3 fully saturated rings. The summed E-state index contributed by atoms with van der Waals surface area (Å²) in [4.78, 5) is 24.3. The molecular weight excluding hydrogens is 354 g/mol. The fraction of sp³-hybridized carbons (Fsp3) is 0.737. The zero-order chi connectivity index (χ0) is 19.1. The van der Waals surface area contributed by atoms with Crippen molar-refractivity contribution in [1.82, 2.24) is 9.97 Å². The van der Waals surface area contributed by atoms with E-state index in [0.29, 0.717) is 48.7 Å². The number of carbonyl (C=O) groups is 1. The molecule has 3 heterocycles. The second-order valence-electron chi connectivity index (χ2n) is 8.65. The Kier molecular flexibility index (Phi) is 3.50. The SMILES string of the molecule is CC(C(=O)O)C1[C@H]2CN(c3nc(N4CCC4C)nc4c3CCC4(F)F)C[C@@H]12. The number of anilines is 2. The van der Waals surface area contributed by atoms with Gasteiger partial charge in [-0.2, -0.15) is 13.8 Å². The Balaban J connectivity index is 1.45. The van der Waals surface area contributed by atoms with Crippen molar-refractivity contribution in [1.29, 1.82) is 0 Å². The molecule has 2 saturated heterocycles. The molecule has 1 saturated carbocycles. The fourth-order valence-corrected chi connectivity index (χ4v) is 5.25. The zero-order valence-electron chi connectivity index (χ0n) is 15.5. The molecule has 27 heavy (non-hydrogen) atoms. The van der Waals surface area contributed by atoms with Crippen LogP contribution in [-0.2, 0) is 17.1 Å². The smallest absolute Gasteiger partial charge is 0.306 e. The van der Waals surface area contributed by atoms with Gasteiger partial charge in [0.05, 0.1) is 5.92 Å². The van der Waals surface area contributed by atoms with E-state index in [1.54, 1.807) is 6.92 Å². The largest absolute Gasteiger partial charge is 0.481 e. The molecule has 8 heteroatoms. The summed E-state index contributed by atoms with van der Waals surface area (Å²) in [5.41, 5.74) is 0.485. The molecule has 2 aliphatic carbocycles. The lowest BCUT2D eigenvalue weighted by Gasteiger charge is -2.39. The molecule has 2 aliphatic heterocycles. The minimum Gasteiger partial charge on any atom is -0.481 e. The molecule has 3 unspecified atom stereocenters. The Morgan fingerprint density at radius 3 is 2.56 bits per heavy atom. The minimum atomic E-state index is -2.89. The van der Waals surface area contributed by atoms with E-state index in [1.165, 1.54) is 0 Å². The summed E-state index contributed by atoms with van der Waals surface area (Å²) >= 11 is 0. The first kappa shape index (κ1) is 17.1. The van der Waals surface area contributed by atoms with Gasteiger partial charge >= 0.3 is 5.97 Å². The Bertz CT molecular complexity index is 805. The first-order valence-electron chi connectivity index (χ1n) is 9.81. The van der Waals surface area contributed by atoms with Crippen LogP contribution < -0.4 is 9.80 Å². The molecule has 1 aromatic rings. The van der Waals surface area contributed by atoms with Crippen LogP contribution in [0, 0.1) is 23.7 Å². The number of carboxylic acid groups (broad SMARTS) is 1.